The number of nitrogens with one attached hydrogen (secondary N) is 1. The van der Waals surface area contributed by atoms with Gasteiger partial charge in [-0.1, -0.05) is 6.92 Å². The lowest BCUT2D eigenvalue weighted by molar-refractivity contribution is 0.597. The quantitative estimate of drug-likeness (QED) is 0.910. The van der Waals surface area contributed by atoms with Crippen LogP contribution >= 0.6 is 11.3 Å². The fourth-order valence-corrected chi connectivity index (χ4v) is 4.00. The summed E-state index contributed by atoms with van der Waals surface area (Å²) in [6.45, 7) is 7.74. The number of hydrogen-bond donors (Lipinski definition) is 1. The number of anilines is 1. The van der Waals surface area contributed by atoms with E-state index in [0.717, 1.165) is 16.4 Å². The molecular formula is C15H20N2O2S2. The molecule has 0 saturated carbocycles. The Morgan fingerprint density at radius 2 is 1.86 bits per heavy atom. The van der Waals surface area contributed by atoms with Gasteiger partial charge in [0.15, 0.2) is 9.84 Å². The Balaban J connectivity index is 2.15. The van der Waals surface area contributed by atoms with Crippen LogP contribution < -0.4 is 5.32 Å². The van der Waals surface area contributed by atoms with E-state index in [1.807, 2.05) is 26.0 Å². The molecule has 0 aliphatic carbocycles. The van der Waals surface area contributed by atoms with Crippen LogP contribution in [0.1, 0.15) is 35.5 Å². The Morgan fingerprint density at radius 3 is 2.33 bits per heavy atom. The summed E-state index contributed by atoms with van der Waals surface area (Å²) in [5.74, 6) is 0.121. The highest BCUT2D eigenvalue weighted by Gasteiger charge is 2.14. The van der Waals surface area contributed by atoms with Crippen LogP contribution in [0, 0.1) is 13.8 Å². The second-order valence-corrected chi connectivity index (χ2v) is 8.49. The lowest BCUT2D eigenvalue weighted by Crippen LogP contribution is -2.07. The van der Waals surface area contributed by atoms with Gasteiger partial charge in [-0.05, 0) is 45.0 Å². The number of hydrogen-bond acceptors (Lipinski definition) is 5. The van der Waals surface area contributed by atoms with Crippen molar-refractivity contribution in [1.29, 1.82) is 0 Å². The number of aryl methyl sites for hydroxylation is 2. The monoisotopic (exact) mass is 324 g/mol. The standard InChI is InChI=1S/C15H20N2O2S2/c1-5-21(18,19)14-8-6-13(7-9-14)17-11(3)15-10(2)16-12(4)20-15/h6-9,11,17H,5H2,1-4H3. The van der Waals surface area contributed by atoms with E-state index >= 15 is 0 Å². The van der Waals surface area contributed by atoms with Crippen LogP contribution in [0.3, 0.4) is 0 Å². The van der Waals surface area contributed by atoms with Gasteiger partial charge in [0, 0.05) is 10.6 Å². The molecule has 0 spiro atoms. The molecule has 0 bridgehead atoms. The number of rotatable bonds is 5. The molecule has 0 saturated heterocycles. The lowest BCUT2D eigenvalue weighted by atomic mass is 10.2. The second-order valence-electron chi connectivity index (χ2n) is 4.98. The van der Waals surface area contributed by atoms with Crippen molar-refractivity contribution >= 4 is 26.9 Å². The predicted molar refractivity (Wildman–Crippen MR) is 87.8 cm³/mol. The molecule has 21 heavy (non-hydrogen) atoms. The van der Waals surface area contributed by atoms with Crippen LogP contribution in [0.2, 0.25) is 0 Å². The smallest absolute Gasteiger partial charge is 0.178 e. The van der Waals surface area contributed by atoms with Gasteiger partial charge in [-0.2, -0.15) is 0 Å². The summed E-state index contributed by atoms with van der Waals surface area (Å²) in [6.07, 6.45) is 0. The maximum absolute atomic E-state index is 11.8. The zero-order chi connectivity index (χ0) is 15.6. The van der Waals surface area contributed by atoms with E-state index in [1.54, 1.807) is 30.4 Å². The summed E-state index contributed by atoms with van der Waals surface area (Å²) < 4.78 is 23.6. The minimum atomic E-state index is -3.13. The molecule has 2 rings (SSSR count). The first kappa shape index (κ1) is 16.0. The van der Waals surface area contributed by atoms with E-state index in [2.05, 4.69) is 17.2 Å². The van der Waals surface area contributed by atoms with Gasteiger partial charge in [0.05, 0.1) is 27.4 Å². The van der Waals surface area contributed by atoms with Gasteiger partial charge in [-0.15, -0.1) is 11.3 Å². The number of aromatic nitrogens is 1. The van der Waals surface area contributed by atoms with E-state index in [4.69, 9.17) is 0 Å². The van der Waals surface area contributed by atoms with Crippen molar-refractivity contribution in [3.8, 4) is 0 Å². The fraction of sp³-hybridized carbons (Fsp3) is 0.400. The average Bonchev–Trinajstić information content (AvgIpc) is 2.78. The first-order chi connectivity index (χ1) is 9.83. The van der Waals surface area contributed by atoms with Crippen molar-refractivity contribution in [2.45, 2.75) is 38.6 Å². The highest BCUT2D eigenvalue weighted by Crippen LogP contribution is 2.27. The van der Waals surface area contributed by atoms with Crippen molar-refractivity contribution in [1.82, 2.24) is 4.98 Å². The Labute approximate surface area is 130 Å². The summed E-state index contributed by atoms with van der Waals surface area (Å²) in [5, 5.41) is 4.44. The fourth-order valence-electron chi connectivity index (χ4n) is 2.19. The minimum Gasteiger partial charge on any atom is -0.378 e. The normalized spacial score (nSPS) is 13.1. The predicted octanol–water partition coefficient (Wildman–Crippen LogP) is 3.73. The Hall–Kier alpha value is -1.40. The number of benzene rings is 1. The second kappa shape index (κ2) is 6.15. The molecule has 4 nitrogen and oxygen atoms in total. The highest BCUT2D eigenvalue weighted by atomic mass is 32.2. The molecule has 1 heterocycles. The van der Waals surface area contributed by atoms with E-state index in [9.17, 15) is 8.42 Å². The molecule has 0 aliphatic heterocycles. The molecule has 2 aromatic rings. The molecule has 1 N–H and O–H groups in total. The van der Waals surface area contributed by atoms with Gasteiger partial charge in [0.25, 0.3) is 0 Å². The molecule has 1 aromatic carbocycles. The van der Waals surface area contributed by atoms with E-state index in [0.29, 0.717) is 4.90 Å². The zero-order valence-electron chi connectivity index (χ0n) is 12.7. The summed E-state index contributed by atoms with van der Waals surface area (Å²) in [6, 6.07) is 7.06. The molecular weight excluding hydrogens is 304 g/mol. The highest BCUT2D eigenvalue weighted by molar-refractivity contribution is 7.91. The Morgan fingerprint density at radius 1 is 1.24 bits per heavy atom. The van der Waals surface area contributed by atoms with Crippen molar-refractivity contribution in [2.75, 3.05) is 11.1 Å². The van der Waals surface area contributed by atoms with Gasteiger partial charge < -0.3 is 5.32 Å². The summed E-state index contributed by atoms with van der Waals surface area (Å²) in [7, 11) is -3.13. The molecule has 0 radical (unpaired) electrons. The molecule has 0 aliphatic rings. The average molecular weight is 324 g/mol. The SMILES string of the molecule is CCS(=O)(=O)c1ccc(NC(C)c2sc(C)nc2C)cc1. The third-order valence-corrected chi connectivity index (χ3v) is 6.32. The van der Waals surface area contributed by atoms with Gasteiger partial charge in [-0.25, -0.2) is 13.4 Å². The Kier molecular flexibility index (Phi) is 4.68. The first-order valence-electron chi connectivity index (χ1n) is 6.86. The third kappa shape index (κ3) is 3.63. The van der Waals surface area contributed by atoms with Crippen LogP contribution in [0.25, 0.3) is 0 Å². The molecule has 1 unspecified atom stereocenters. The molecule has 6 heteroatoms. The van der Waals surface area contributed by atoms with Crippen molar-refractivity contribution in [3.05, 3.63) is 39.8 Å². The van der Waals surface area contributed by atoms with Crippen molar-refractivity contribution < 1.29 is 8.42 Å². The van der Waals surface area contributed by atoms with Gasteiger partial charge in [0.1, 0.15) is 0 Å². The Bertz CT molecular complexity index is 719. The van der Waals surface area contributed by atoms with Crippen LogP contribution in [0.4, 0.5) is 5.69 Å². The molecule has 1 atom stereocenters. The number of nitrogens with zero attached hydrogens (tertiary/aromatic N) is 1. The summed E-state index contributed by atoms with van der Waals surface area (Å²) >= 11 is 1.68. The van der Waals surface area contributed by atoms with E-state index in [-0.39, 0.29) is 11.8 Å². The van der Waals surface area contributed by atoms with Crippen molar-refractivity contribution in [2.24, 2.45) is 0 Å². The van der Waals surface area contributed by atoms with Crippen LogP contribution in [-0.2, 0) is 9.84 Å². The zero-order valence-corrected chi connectivity index (χ0v) is 14.3. The van der Waals surface area contributed by atoms with Crippen LogP contribution in [0.5, 0.6) is 0 Å². The van der Waals surface area contributed by atoms with E-state index < -0.39 is 9.84 Å². The summed E-state index contributed by atoms with van der Waals surface area (Å²) in [5.41, 5.74) is 1.95. The van der Waals surface area contributed by atoms with E-state index in [1.165, 1.54) is 4.88 Å². The van der Waals surface area contributed by atoms with Gasteiger partial charge >= 0.3 is 0 Å². The molecule has 0 fully saturated rings. The van der Waals surface area contributed by atoms with Crippen LogP contribution in [0.15, 0.2) is 29.2 Å². The van der Waals surface area contributed by atoms with Crippen molar-refractivity contribution in [3.63, 3.8) is 0 Å². The molecule has 1 aromatic heterocycles. The lowest BCUT2D eigenvalue weighted by Gasteiger charge is -2.14. The molecule has 114 valence electrons. The largest absolute Gasteiger partial charge is 0.378 e. The van der Waals surface area contributed by atoms with Crippen LogP contribution in [-0.4, -0.2) is 19.2 Å². The third-order valence-electron chi connectivity index (χ3n) is 3.31. The first-order valence-corrected chi connectivity index (χ1v) is 9.33. The number of thiazole rings is 1. The maximum Gasteiger partial charge on any atom is 0.178 e. The topological polar surface area (TPSA) is 59.1 Å². The summed E-state index contributed by atoms with van der Waals surface area (Å²) in [4.78, 5) is 6.01. The molecule has 0 amide bonds. The van der Waals surface area contributed by atoms with Gasteiger partial charge in [0.2, 0.25) is 0 Å². The maximum atomic E-state index is 11.8. The van der Waals surface area contributed by atoms with Gasteiger partial charge in [-0.3, -0.25) is 0 Å². The number of sulfone groups is 1. The minimum absolute atomic E-state index is 0.121.